The smallest absolute Gasteiger partial charge is 0.375 e. The van der Waals surface area contributed by atoms with E-state index in [0.717, 1.165) is 21.0 Å². The molecule has 1 aliphatic heterocycles. The minimum atomic E-state index is -3.47. The first kappa shape index (κ1) is 24.9. The SMILES string of the molecule is CC[C@@H](OC(C)=O)[C@@H](OC(C)=O)C1O[C@@](F)(C(=O)OC)C(F)[C@@H](C)[C@H]1CC(C)=O. The summed E-state index contributed by atoms with van der Waals surface area (Å²) in [6.07, 6.45) is -6.39. The molecule has 8 nitrogen and oxygen atoms in total. The Bertz CT molecular complexity index is 640. The molecule has 1 heterocycles. The number of methoxy groups -OCH3 is 1. The molecule has 0 saturated carbocycles. The van der Waals surface area contributed by atoms with E-state index < -0.39 is 60.1 Å². The molecule has 2 unspecified atom stereocenters. The highest BCUT2D eigenvalue weighted by Gasteiger charge is 2.62. The van der Waals surface area contributed by atoms with Gasteiger partial charge in [-0.1, -0.05) is 13.8 Å². The number of carbonyl (C=O) groups excluding carboxylic acids is 4. The van der Waals surface area contributed by atoms with Crippen LogP contribution >= 0.6 is 0 Å². The van der Waals surface area contributed by atoms with Gasteiger partial charge in [0, 0.05) is 26.2 Å². The predicted octanol–water partition coefficient (Wildman–Crippen LogP) is 2.07. The van der Waals surface area contributed by atoms with Gasteiger partial charge in [-0.05, 0) is 19.3 Å². The number of hydrogen-bond donors (Lipinski definition) is 0. The maximum absolute atomic E-state index is 15.3. The monoisotopic (exact) mass is 422 g/mol. The molecule has 0 aromatic carbocycles. The molecule has 0 radical (unpaired) electrons. The number of rotatable bonds is 8. The van der Waals surface area contributed by atoms with E-state index in [-0.39, 0.29) is 18.6 Å². The fraction of sp³-hybridized carbons (Fsp3) is 0.789. The van der Waals surface area contributed by atoms with Crippen LogP contribution in [0.2, 0.25) is 0 Å². The molecule has 0 aliphatic carbocycles. The summed E-state index contributed by atoms with van der Waals surface area (Å²) in [6.45, 7) is 6.43. The lowest BCUT2D eigenvalue weighted by atomic mass is 9.74. The second-order valence-corrected chi connectivity index (χ2v) is 7.18. The number of Topliss-reactive ketones (excluding diaryl/α,β-unsaturated/α-hetero) is 1. The van der Waals surface area contributed by atoms with E-state index in [1.54, 1.807) is 6.92 Å². The molecule has 166 valence electrons. The third kappa shape index (κ3) is 5.71. The third-order valence-corrected chi connectivity index (χ3v) is 4.92. The summed E-state index contributed by atoms with van der Waals surface area (Å²) in [6, 6.07) is 0. The number of ketones is 1. The lowest BCUT2D eigenvalue weighted by Crippen LogP contribution is -2.63. The number of hydrogen-bond acceptors (Lipinski definition) is 8. The molecular weight excluding hydrogens is 394 g/mol. The summed E-state index contributed by atoms with van der Waals surface area (Å²) in [5.74, 6) is -9.01. The van der Waals surface area contributed by atoms with Crippen molar-refractivity contribution in [2.24, 2.45) is 11.8 Å². The van der Waals surface area contributed by atoms with Gasteiger partial charge in [0.15, 0.2) is 12.3 Å². The van der Waals surface area contributed by atoms with Crippen LogP contribution in [0.4, 0.5) is 8.78 Å². The van der Waals surface area contributed by atoms with Gasteiger partial charge in [0.2, 0.25) is 0 Å². The Morgan fingerprint density at radius 2 is 1.66 bits per heavy atom. The van der Waals surface area contributed by atoms with Crippen molar-refractivity contribution in [2.75, 3.05) is 7.11 Å². The van der Waals surface area contributed by atoms with Crippen molar-refractivity contribution in [1.82, 2.24) is 0 Å². The molecule has 1 fully saturated rings. The van der Waals surface area contributed by atoms with Crippen molar-refractivity contribution in [2.45, 2.75) is 77.8 Å². The van der Waals surface area contributed by atoms with E-state index in [4.69, 9.17) is 14.2 Å². The fourth-order valence-electron chi connectivity index (χ4n) is 3.59. The molecule has 29 heavy (non-hydrogen) atoms. The molecular formula is C19H28F2O8. The van der Waals surface area contributed by atoms with Crippen molar-refractivity contribution in [3.63, 3.8) is 0 Å². The summed E-state index contributed by atoms with van der Waals surface area (Å²) in [4.78, 5) is 46.9. The van der Waals surface area contributed by atoms with Gasteiger partial charge in [0.05, 0.1) is 7.11 Å². The van der Waals surface area contributed by atoms with E-state index in [1.165, 1.54) is 13.8 Å². The molecule has 7 atom stereocenters. The normalized spacial score (nSPS) is 31.3. The van der Waals surface area contributed by atoms with Gasteiger partial charge in [0.1, 0.15) is 18.0 Å². The minimum Gasteiger partial charge on any atom is -0.465 e. The van der Waals surface area contributed by atoms with Gasteiger partial charge in [-0.2, -0.15) is 4.39 Å². The van der Waals surface area contributed by atoms with Crippen LogP contribution in [0.25, 0.3) is 0 Å². The molecule has 1 saturated heterocycles. The first-order valence-corrected chi connectivity index (χ1v) is 9.32. The van der Waals surface area contributed by atoms with Crippen LogP contribution in [0.5, 0.6) is 0 Å². The largest absolute Gasteiger partial charge is 0.465 e. The Hall–Kier alpha value is -2.10. The van der Waals surface area contributed by atoms with E-state index in [2.05, 4.69) is 4.74 Å². The average molecular weight is 422 g/mol. The molecule has 0 bridgehead atoms. The number of ether oxygens (including phenoxy) is 4. The summed E-state index contributed by atoms with van der Waals surface area (Å²) in [7, 11) is 0.873. The molecule has 1 rings (SSSR count). The average Bonchev–Trinajstić information content (AvgIpc) is 2.63. The summed E-state index contributed by atoms with van der Waals surface area (Å²) < 4.78 is 50.1. The van der Waals surface area contributed by atoms with Gasteiger partial charge >= 0.3 is 23.8 Å². The van der Waals surface area contributed by atoms with Gasteiger partial charge in [-0.15, -0.1) is 0 Å². The van der Waals surface area contributed by atoms with E-state index in [0.29, 0.717) is 0 Å². The standard InChI is InChI=1S/C19H28F2O8/c1-7-14(27-11(4)23)16(28-12(5)24)15-13(8-9(2)22)10(3)17(20)19(21,29-15)18(25)26-6/h10,13-17H,7-8H2,1-6H3/t10-,13+,14+,15?,16+,17?,19+/m0/s1. The first-order chi connectivity index (χ1) is 13.4. The zero-order valence-corrected chi connectivity index (χ0v) is 17.4. The van der Waals surface area contributed by atoms with Crippen LogP contribution in [0.1, 0.15) is 47.5 Å². The highest BCUT2D eigenvalue weighted by atomic mass is 19.2. The van der Waals surface area contributed by atoms with Crippen molar-refractivity contribution in [3.8, 4) is 0 Å². The lowest BCUT2D eigenvalue weighted by Gasteiger charge is -2.47. The molecule has 0 N–H and O–H groups in total. The number of halogens is 2. The zero-order chi connectivity index (χ0) is 22.5. The highest BCUT2D eigenvalue weighted by Crippen LogP contribution is 2.44. The Labute approximate surface area is 168 Å². The molecule has 0 amide bonds. The van der Waals surface area contributed by atoms with E-state index in [1.807, 2.05) is 0 Å². The molecule has 0 spiro atoms. The van der Waals surface area contributed by atoms with Crippen LogP contribution in [0.15, 0.2) is 0 Å². The highest BCUT2D eigenvalue weighted by molar-refractivity contribution is 5.79. The second kappa shape index (κ2) is 10.1. The van der Waals surface area contributed by atoms with Crippen LogP contribution in [-0.4, -0.2) is 61.1 Å². The molecule has 1 aliphatic rings. The van der Waals surface area contributed by atoms with Crippen LogP contribution in [0.3, 0.4) is 0 Å². The van der Waals surface area contributed by atoms with Crippen molar-refractivity contribution in [1.29, 1.82) is 0 Å². The topological polar surface area (TPSA) is 105 Å². The first-order valence-electron chi connectivity index (χ1n) is 9.32. The van der Waals surface area contributed by atoms with E-state index >= 15 is 4.39 Å². The van der Waals surface area contributed by atoms with Crippen molar-refractivity contribution >= 4 is 23.7 Å². The molecule has 0 aromatic heterocycles. The van der Waals surface area contributed by atoms with E-state index in [9.17, 15) is 23.6 Å². The summed E-state index contributed by atoms with van der Waals surface area (Å²) in [5, 5.41) is 0. The van der Waals surface area contributed by atoms with Crippen LogP contribution in [-0.2, 0) is 38.1 Å². The summed E-state index contributed by atoms with van der Waals surface area (Å²) in [5.41, 5.74) is 0. The number of esters is 3. The molecule has 0 aromatic rings. The predicted molar refractivity (Wildman–Crippen MR) is 95.0 cm³/mol. The number of carbonyl (C=O) groups is 4. The quantitative estimate of drug-likeness (QED) is 0.432. The Balaban J connectivity index is 3.50. The number of alkyl halides is 2. The van der Waals surface area contributed by atoms with Gasteiger partial charge < -0.3 is 23.7 Å². The molecule has 10 heteroatoms. The minimum absolute atomic E-state index is 0.148. The van der Waals surface area contributed by atoms with Crippen LogP contribution in [0, 0.1) is 11.8 Å². The summed E-state index contributed by atoms with van der Waals surface area (Å²) >= 11 is 0. The van der Waals surface area contributed by atoms with Crippen molar-refractivity contribution in [3.05, 3.63) is 0 Å². The maximum Gasteiger partial charge on any atom is 0.375 e. The van der Waals surface area contributed by atoms with Crippen LogP contribution < -0.4 is 0 Å². The lowest BCUT2D eigenvalue weighted by molar-refractivity contribution is -0.295. The van der Waals surface area contributed by atoms with Crippen molar-refractivity contribution < 1.29 is 46.9 Å². The van der Waals surface area contributed by atoms with Gasteiger partial charge in [-0.25, -0.2) is 9.18 Å². The Morgan fingerprint density at radius 3 is 2.07 bits per heavy atom. The maximum atomic E-state index is 15.3. The fourth-order valence-corrected chi connectivity index (χ4v) is 3.59. The zero-order valence-electron chi connectivity index (χ0n) is 17.4. The Kier molecular flexibility index (Phi) is 8.67. The Morgan fingerprint density at radius 1 is 1.10 bits per heavy atom. The van der Waals surface area contributed by atoms with Gasteiger partial charge in [-0.3, -0.25) is 9.59 Å². The van der Waals surface area contributed by atoms with Gasteiger partial charge in [0.25, 0.3) is 0 Å². The third-order valence-electron chi connectivity index (χ3n) is 4.92. The second-order valence-electron chi connectivity index (χ2n) is 7.18.